The maximum atomic E-state index is 12.1. The van der Waals surface area contributed by atoms with Gasteiger partial charge >= 0.3 is 0 Å². The quantitative estimate of drug-likeness (QED) is 0.261. The summed E-state index contributed by atoms with van der Waals surface area (Å²) in [5.74, 6) is 0.459. The molecular formula is C19H20BrN7OS. The van der Waals surface area contributed by atoms with Gasteiger partial charge in [-0.15, -0.1) is 5.10 Å². The van der Waals surface area contributed by atoms with Gasteiger partial charge in [0.2, 0.25) is 17.0 Å². The summed E-state index contributed by atoms with van der Waals surface area (Å²) in [5, 5.41) is 14.3. The minimum atomic E-state index is -0.139. The van der Waals surface area contributed by atoms with Gasteiger partial charge in [0.25, 0.3) is 0 Å². The highest BCUT2D eigenvalue weighted by Crippen LogP contribution is 2.22. The lowest BCUT2D eigenvalue weighted by molar-refractivity contribution is -0.113. The summed E-state index contributed by atoms with van der Waals surface area (Å²) in [6.07, 6.45) is 1.69. The number of carbonyl (C=O) groups is 1. The number of nitrogens with zero attached hydrogens (tertiary/aromatic N) is 4. The summed E-state index contributed by atoms with van der Waals surface area (Å²) < 4.78 is 0.831. The first-order chi connectivity index (χ1) is 14.0. The number of benzene rings is 2. The summed E-state index contributed by atoms with van der Waals surface area (Å²) in [7, 11) is 3.99. The first-order valence-electron chi connectivity index (χ1n) is 8.67. The Balaban J connectivity index is 1.46. The molecule has 0 unspecified atom stereocenters. The maximum absolute atomic E-state index is 12.1. The largest absolute Gasteiger partial charge is 0.378 e. The van der Waals surface area contributed by atoms with Crippen molar-refractivity contribution in [2.45, 2.75) is 5.16 Å². The number of hydrogen-bond donors (Lipinski definition) is 3. The molecule has 0 atom stereocenters. The number of aromatic amines is 1. The van der Waals surface area contributed by atoms with E-state index in [1.165, 1.54) is 11.8 Å². The maximum Gasteiger partial charge on any atom is 0.240 e. The van der Waals surface area contributed by atoms with E-state index in [1.807, 2.05) is 67.5 Å². The first kappa shape index (κ1) is 20.9. The monoisotopic (exact) mass is 473 g/mol. The van der Waals surface area contributed by atoms with Gasteiger partial charge in [-0.25, -0.2) is 10.5 Å². The Labute approximate surface area is 181 Å². The molecule has 0 radical (unpaired) electrons. The SMILES string of the molecule is CN(C)c1ccc(/C=N\Nc2nc(SCC(=O)Nc3ccccc3Br)n[nH]2)cc1. The van der Waals surface area contributed by atoms with Crippen LogP contribution in [0.3, 0.4) is 0 Å². The lowest BCUT2D eigenvalue weighted by Gasteiger charge is -2.11. The Hall–Kier alpha value is -2.85. The molecule has 3 N–H and O–H groups in total. The number of carbonyl (C=O) groups excluding carboxylic acids is 1. The van der Waals surface area contributed by atoms with Gasteiger partial charge in [0, 0.05) is 24.3 Å². The van der Waals surface area contributed by atoms with Crippen molar-refractivity contribution < 1.29 is 4.79 Å². The van der Waals surface area contributed by atoms with Crippen LogP contribution in [0.15, 0.2) is 63.3 Å². The number of nitrogens with one attached hydrogen (secondary N) is 3. The van der Waals surface area contributed by atoms with Crippen LogP contribution in [0.5, 0.6) is 0 Å². The van der Waals surface area contributed by atoms with Crippen LogP contribution in [0.25, 0.3) is 0 Å². The van der Waals surface area contributed by atoms with Gasteiger partial charge in [0.05, 0.1) is 17.7 Å². The van der Waals surface area contributed by atoms with Gasteiger partial charge in [0.1, 0.15) is 0 Å². The van der Waals surface area contributed by atoms with E-state index >= 15 is 0 Å². The normalized spacial score (nSPS) is 10.9. The molecule has 0 fully saturated rings. The number of halogens is 1. The van der Waals surface area contributed by atoms with Gasteiger partial charge in [-0.2, -0.15) is 10.1 Å². The fourth-order valence-corrected chi connectivity index (χ4v) is 3.25. The third-order valence-corrected chi connectivity index (χ3v) is 5.28. The third-order valence-electron chi connectivity index (χ3n) is 3.74. The zero-order valence-electron chi connectivity index (χ0n) is 15.9. The van der Waals surface area contributed by atoms with Crippen molar-refractivity contribution in [2.75, 3.05) is 35.5 Å². The number of thioether (sulfide) groups is 1. The highest BCUT2D eigenvalue weighted by Gasteiger charge is 2.09. The highest BCUT2D eigenvalue weighted by atomic mass is 79.9. The van der Waals surface area contributed by atoms with Gasteiger partial charge < -0.3 is 10.2 Å². The number of anilines is 3. The van der Waals surface area contributed by atoms with Crippen molar-refractivity contribution in [3.8, 4) is 0 Å². The number of H-pyrrole nitrogens is 1. The molecule has 1 heterocycles. The predicted molar refractivity (Wildman–Crippen MR) is 122 cm³/mol. The van der Waals surface area contributed by atoms with Crippen molar-refractivity contribution in [3.63, 3.8) is 0 Å². The van der Waals surface area contributed by atoms with Crippen LogP contribution in [0, 0.1) is 0 Å². The van der Waals surface area contributed by atoms with Crippen LogP contribution >= 0.6 is 27.7 Å². The molecule has 0 spiro atoms. The van der Waals surface area contributed by atoms with Crippen molar-refractivity contribution >= 4 is 57.1 Å². The number of aromatic nitrogens is 3. The van der Waals surface area contributed by atoms with Gasteiger partial charge in [-0.1, -0.05) is 36.0 Å². The molecule has 1 amide bonds. The zero-order valence-corrected chi connectivity index (χ0v) is 18.3. The van der Waals surface area contributed by atoms with E-state index < -0.39 is 0 Å². The summed E-state index contributed by atoms with van der Waals surface area (Å²) in [6, 6.07) is 15.4. The van der Waals surface area contributed by atoms with Crippen LogP contribution in [0.2, 0.25) is 0 Å². The molecule has 0 bridgehead atoms. The second-order valence-corrected chi connectivity index (χ2v) is 7.94. The summed E-state index contributed by atoms with van der Waals surface area (Å²) in [6.45, 7) is 0. The Morgan fingerprint density at radius 2 is 2.00 bits per heavy atom. The Kier molecular flexibility index (Phi) is 7.25. The Bertz CT molecular complexity index is 988. The van der Waals surface area contributed by atoms with Gasteiger partial charge in [0.15, 0.2) is 0 Å². The molecule has 2 aromatic carbocycles. The highest BCUT2D eigenvalue weighted by molar-refractivity contribution is 9.10. The van der Waals surface area contributed by atoms with E-state index in [9.17, 15) is 4.79 Å². The lowest BCUT2D eigenvalue weighted by Crippen LogP contribution is -2.14. The summed E-state index contributed by atoms with van der Waals surface area (Å²) >= 11 is 4.63. The average Bonchev–Trinajstić information content (AvgIpc) is 3.16. The molecule has 0 aliphatic heterocycles. The van der Waals surface area contributed by atoms with Crippen molar-refractivity contribution in [2.24, 2.45) is 5.10 Å². The molecule has 0 saturated heterocycles. The van der Waals surface area contributed by atoms with Crippen LogP contribution < -0.4 is 15.6 Å². The second kappa shape index (κ2) is 10.1. The molecule has 1 aromatic heterocycles. The lowest BCUT2D eigenvalue weighted by atomic mass is 10.2. The van der Waals surface area contributed by atoms with E-state index in [0.29, 0.717) is 11.1 Å². The van der Waals surface area contributed by atoms with Crippen LogP contribution in [0.1, 0.15) is 5.56 Å². The van der Waals surface area contributed by atoms with Gasteiger partial charge in [-0.3, -0.25) is 4.79 Å². The third kappa shape index (κ3) is 6.33. The fraction of sp³-hybridized carbons (Fsp3) is 0.158. The minimum Gasteiger partial charge on any atom is -0.378 e. The van der Waals surface area contributed by atoms with Crippen molar-refractivity contribution in [3.05, 3.63) is 58.6 Å². The van der Waals surface area contributed by atoms with E-state index in [4.69, 9.17) is 0 Å². The van der Waals surface area contributed by atoms with Gasteiger partial charge in [-0.05, 0) is 45.8 Å². The number of rotatable bonds is 8. The predicted octanol–water partition coefficient (Wildman–Crippen LogP) is 3.81. The molecule has 0 aliphatic carbocycles. The van der Waals surface area contributed by atoms with E-state index in [2.05, 4.69) is 47.0 Å². The van der Waals surface area contributed by atoms with Crippen LogP contribution in [-0.2, 0) is 4.79 Å². The summed E-state index contributed by atoms with van der Waals surface area (Å²) in [5.41, 5.74) is 5.60. The zero-order chi connectivity index (χ0) is 20.6. The molecule has 3 aromatic rings. The van der Waals surface area contributed by atoms with Crippen LogP contribution in [-0.4, -0.2) is 47.2 Å². The van der Waals surface area contributed by atoms with Crippen LogP contribution in [0.4, 0.5) is 17.3 Å². The van der Waals surface area contributed by atoms with Crippen molar-refractivity contribution in [1.29, 1.82) is 0 Å². The smallest absolute Gasteiger partial charge is 0.240 e. The number of para-hydroxylation sites is 1. The Morgan fingerprint density at radius 3 is 2.72 bits per heavy atom. The molecule has 0 saturated carbocycles. The van der Waals surface area contributed by atoms with Crippen molar-refractivity contribution in [1.82, 2.24) is 15.2 Å². The number of hydrazone groups is 1. The molecule has 10 heteroatoms. The molecule has 150 valence electrons. The molecule has 0 aliphatic rings. The molecular weight excluding hydrogens is 454 g/mol. The average molecular weight is 474 g/mol. The molecule has 8 nitrogen and oxygen atoms in total. The number of hydrogen-bond acceptors (Lipinski definition) is 7. The second-order valence-electron chi connectivity index (χ2n) is 6.14. The first-order valence-corrected chi connectivity index (χ1v) is 10.4. The van der Waals surface area contributed by atoms with E-state index in [0.717, 1.165) is 21.4 Å². The topological polar surface area (TPSA) is 98.3 Å². The Morgan fingerprint density at radius 1 is 1.24 bits per heavy atom. The van der Waals surface area contributed by atoms with E-state index in [-0.39, 0.29) is 11.7 Å². The molecule has 29 heavy (non-hydrogen) atoms. The molecule has 3 rings (SSSR count). The summed E-state index contributed by atoms with van der Waals surface area (Å²) in [4.78, 5) is 18.4. The fourth-order valence-electron chi connectivity index (χ4n) is 2.27. The minimum absolute atomic E-state index is 0.139. The van der Waals surface area contributed by atoms with E-state index in [1.54, 1.807) is 6.21 Å². The standard InChI is InChI=1S/C19H20BrN7OS/c1-27(2)14-9-7-13(8-10-14)11-21-24-18-23-19(26-25-18)29-12-17(28)22-16-6-4-3-5-15(16)20/h3-11H,12H2,1-2H3,(H,22,28)(H2,23,24,25,26)/b21-11-. The number of amides is 1.